The molecule has 19 heavy (non-hydrogen) atoms. The molecule has 1 saturated carbocycles. The highest BCUT2D eigenvalue weighted by Gasteiger charge is 2.48. The maximum Gasteiger partial charge on any atom is 0.326 e. The Morgan fingerprint density at radius 2 is 2.21 bits per heavy atom. The number of hydrogen-bond acceptors (Lipinski definition) is 5. The molecular weight excluding hydrogens is 246 g/mol. The van der Waals surface area contributed by atoms with Crippen molar-refractivity contribution in [3.8, 4) is 0 Å². The Labute approximate surface area is 116 Å². The van der Waals surface area contributed by atoms with E-state index < -0.39 is 5.54 Å². The Kier molecular flexibility index (Phi) is 6.75. The van der Waals surface area contributed by atoms with Crippen LogP contribution in [0.15, 0.2) is 0 Å². The normalized spacial score (nSPS) is 28.3. The SMILES string of the molecule is CNC1(C(=O)OC)CCCC1CCOC(C)COC. The summed E-state index contributed by atoms with van der Waals surface area (Å²) in [5.41, 5.74) is -0.525. The molecule has 0 radical (unpaired) electrons. The van der Waals surface area contributed by atoms with Gasteiger partial charge in [-0.3, -0.25) is 4.79 Å². The van der Waals surface area contributed by atoms with Gasteiger partial charge in [-0.25, -0.2) is 0 Å². The zero-order chi connectivity index (χ0) is 14.3. The Morgan fingerprint density at radius 1 is 1.47 bits per heavy atom. The highest BCUT2D eigenvalue weighted by Crippen LogP contribution is 2.38. The average molecular weight is 273 g/mol. The van der Waals surface area contributed by atoms with E-state index in [2.05, 4.69) is 5.32 Å². The van der Waals surface area contributed by atoms with Crippen LogP contribution in [0.25, 0.3) is 0 Å². The summed E-state index contributed by atoms with van der Waals surface area (Å²) in [6.07, 6.45) is 3.89. The van der Waals surface area contributed by atoms with Crippen molar-refractivity contribution in [2.45, 2.75) is 44.2 Å². The first-order chi connectivity index (χ1) is 9.10. The molecule has 5 heteroatoms. The van der Waals surface area contributed by atoms with Crippen LogP contribution in [-0.2, 0) is 19.0 Å². The topological polar surface area (TPSA) is 56.8 Å². The van der Waals surface area contributed by atoms with Crippen molar-refractivity contribution in [3.63, 3.8) is 0 Å². The molecule has 3 unspecified atom stereocenters. The monoisotopic (exact) mass is 273 g/mol. The van der Waals surface area contributed by atoms with Gasteiger partial charge in [-0.1, -0.05) is 6.42 Å². The summed E-state index contributed by atoms with van der Waals surface area (Å²) in [6.45, 7) is 3.23. The number of rotatable bonds is 8. The third-order valence-corrected chi connectivity index (χ3v) is 4.09. The summed E-state index contributed by atoms with van der Waals surface area (Å²) >= 11 is 0. The van der Waals surface area contributed by atoms with E-state index in [1.54, 1.807) is 7.11 Å². The molecule has 0 aromatic carbocycles. The van der Waals surface area contributed by atoms with Crippen LogP contribution in [0.2, 0.25) is 0 Å². The molecule has 1 aliphatic rings. The quantitative estimate of drug-likeness (QED) is 0.677. The van der Waals surface area contributed by atoms with Gasteiger partial charge in [0.2, 0.25) is 0 Å². The van der Waals surface area contributed by atoms with Crippen molar-refractivity contribution in [1.29, 1.82) is 0 Å². The van der Waals surface area contributed by atoms with Crippen molar-refractivity contribution < 1.29 is 19.0 Å². The standard InChI is InChI=1S/C14H27NO4/c1-11(10-17-3)19-9-7-12-6-5-8-14(12,15-2)13(16)18-4/h11-12,15H,5-10H2,1-4H3. The minimum Gasteiger partial charge on any atom is -0.468 e. The number of likely N-dealkylation sites (N-methyl/N-ethyl adjacent to an activating group) is 1. The molecular formula is C14H27NO4. The smallest absolute Gasteiger partial charge is 0.326 e. The fraction of sp³-hybridized carbons (Fsp3) is 0.929. The fourth-order valence-corrected chi connectivity index (χ4v) is 3.04. The highest BCUT2D eigenvalue weighted by molar-refractivity contribution is 5.81. The molecule has 1 rings (SSSR count). The van der Waals surface area contributed by atoms with Gasteiger partial charge in [0.15, 0.2) is 0 Å². The molecule has 1 fully saturated rings. The van der Waals surface area contributed by atoms with Gasteiger partial charge >= 0.3 is 5.97 Å². The lowest BCUT2D eigenvalue weighted by molar-refractivity contribution is -0.150. The first kappa shape index (κ1) is 16.4. The molecule has 0 aliphatic heterocycles. The van der Waals surface area contributed by atoms with Crippen LogP contribution in [0.5, 0.6) is 0 Å². The van der Waals surface area contributed by atoms with E-state index in [1.165, 1.54) is 7.11 Å². The Morgan fingerprint density at radius 3 is 2.79 bits per heavy atom. The van der Waals surface area contributed by atoms with Crippen LogP contribution in [0.4, 0.5) is 0 Å². The number of hydrogen-bond donors (Lipinski definition) is 1. The van der Waals surface area contributed by atoms with Gasteiger partial charge in [-0.15, -0.1) is 0 Å². The van der Waals surface area contributed by atoms with Crippen LogP contribution >= 0.6 is 0 Å². The summed E-state index contributed by atoms with van der Waals surface area (Å²) < 4.78 is 15.7. The van der Waals surface area contributed by atoms with E-state index in [9.17, 15) is 4.79 Å². The summed E-state index contributed by atoms with van der Waals surface area (Å²) in [5.74, 6) is 0.127. The second kappa shape index (κ2) is 7.82. The zero-order valence-corrected chi connectivity index (χ0v) is 12.5. The number of carbonyl (C=O) groups is 1. The molecule has 0 amide bonds. The first-order valence-electron chi connectivity index (χ1n) is 6.98. The molecule has 0 saturated heterocycles. The highest BCUT2D eigenvalue weighted by atomic mass is 16.5. The molecule has 1 N–H and O–H groups in total. The zero-order valence-electron chi connectivity index (χ0n) is 12.5. The lowest BCUT2D eigenvalue weighted by Crippen LogP contribution is -2.54. The van der Waals surface area contributed by atoms with Crippen LogP contribution < -0.4 is 5.32 Å². The molecule has 0 aromatic rings. The lowest BCUT2D eigenvalue weighted by atomic mass is 9.85. The van der Waals surface area contributed by atoms with Gasteiger partial charge in [0.25, 0.3) is 0 Å². The minimum absolute atomic E-state index is 0.0912. The predicted octanol–water partition coefficient (Wildman–Crippen LogP) is 1.36. The lowest BCUT2D eigenvalue weighted by Gasteiger charge is -2.32. The molecule has 0 bridgehead atoms. The molecule has 112 valence electrons. The number of methoxy groups -OCH3 is 2. The Bertz CT molecular complexity index is 285. The van der Waals surface area contributed by atoms with Crippen molar-refractivity contribution in [3.05, 3.63) is 0 Å². The maximum atomic E-state index is 12.0. The maximum absolute atomic E-state index is 12.0. The molecule has 3 atom stereocenters. The number of nitrogens with one attached hydrogen (secondary N) is 1. The Balaban J connectivity index is 2.49. The fourth-order valence-electron chi connectivity index (χ4n) is 3.04. The van der Waals surface area contributed by atoms with Crippen LogP contribution in [-0.4, -0.2) is 52.1 Å². The van der Waals surface area contributed by atoms with E-state index in [0.29, 0.717) is 13.2 Å². The molecule has 0 aromatic heterocycles. The van der Waals surface area contributed by atoms with E-state index in [0.717, 1.165) is 25.7 Å². The van der Waals surface area contributed by atoms with E-state index in [4.69, 9.17) is 14.2 Å². The molecule has 0 heterocycles. The van der Waals surface area contributed by atoms with Crippen LogP contribution in [0, 0.1) is 5.92 Å². The summed E-state index contributed by atoms with van der Waals surface area (Å²) in [5, 5.41) is 3.19. The third-order valence-electron chi connectivity index (χ3n) is 4.09. The van der Waals surface area contributed by atoms with Crippen molar-refractivity contribution in [1.82, 2.24) is 5.32 Å². The predicted molar refractivity (Wildman–Crippen MR) is 73.1 cm³/mol. The minimum atomic E-state index is -0.525. The van der Waals surface area contributed by atoms with Gasteiger partial charge in [-0.05, 0) is 39.2 Å². The first-order valence-corrected chi connectivity index (χ1v) is 6.98. The van der Waals surface area contributed by atoms with E-state index >= 15 is 0 Å². The summed E-state index contributed by atoms with van der Waals surface area (Å²) in [7, 11) is 4.96. The van der Waals surface area contributed by atoms with Crippen LogP contribution in [0.1, 0.15) is 32.6 Å². The van der Waals surface area contributed by atoms with E-state index in [-0.39, 0.29) is 18.0 Å². The van der Waals surface area contributed by atoms with Gasteiger partial charge in [0.05, 0.1) is 19.8 Å². The average Bonchev–Trinajstić information content (AvgIpc) is 2.82. The van der Waals surface area contributed by atoms with Gasteiger partial charge in [-0.2, -0.15) is 0 Å². The van der Waals surface area contributed by atoms with Gasteiger partial charge in [0, 0.05) is 13.7 Å². The second-order valence-corrected chi connectivity index (χ2v) is 5.23. The number of ether oxygens (including phenoxy) is 3. The van der Waals surface area contributed by atoms with Crippen molar-refractivity contribution >= 4 is 5.97 Å². The number of esters is 1. The van der Waals surface area contributed by atoms with Gasteiger partial charge in [0.1, 0.15) is 5.54 Å². The second-order valence-electron chi connectivity index (χ2n) is 5.23. The molecule has 1 aliphatic carbocycles. The summed E-state index contributed by atoms with van der Waals surface area (Å²) in [4.78, 5) is 12.0. The largest absolute Gasteiger partial charge is 0.468 e. The number of carbonyl (C=O) groups excluding carboxylic acids is 1. The Hall–Kier alpha value is -0.650. The van der Waals surface area contributed by atoms with Crippen LogP contribution in [0.3, 0.4) is 0 Å². The molecule has 5 nitrogen and oxygen atoms in total. The molecule has 0 spiro atoms. The van der Waals surface area contributed by atoms with Crippen molar-refractivity contribution in [2.24, 2.45) is 5.92 Å². The summed E-state index contributed by atoms with van der Waals surface area (Å²) in [6, 6.07) is 0. The third kappa shape index (κ3) is 3.91. The van der Waals surface area contributed by atoms with E-state index in [1.807, 2.05) is 14.0 Å². The van der Waals surface area contributed by atoms with Gasteiger partial charge < -0.3 is 19.5 Å². The van der Waals surface area contributed by atoms with Crippen molar-refractivity contribution in [2.75, 3.05) is 34.5 Å².